The molecule has 0 aromatic carbocycles. The highest BCUT2D eigenvalue weighted by molar-refractivity contribution is 5.35. The molecule has 0 radical (unpaired) electrons. The zero-order valence-corrected chi connectivity index (χ0v) is 12.9. The van der Waals surface area contributed by atoms with Crippen LogP contribution < -0.4 is 15.4 Å². The van der Waals surface area contributed by atoms with E-state index >= 15 is 0 Å². The molecular formula is C13H25N5O2. The smallest absolute Gasteiger partial charge is 0.323 e. The lowest BCUT2D eigenvalue weighted by atomic mass is 10.4. The molecule has 0 spiro atoms. The molecule has 0 bridgehead atoms. The molecule has 1 rings (SSSR count). The average molecular weight is 283 g/mol. The Morgan fingerprint density at radius 3 is 2.20 bits per heavy atom. The second-order valence-electron chi connectivity index (χ2n) is 4.61. The summed E-state index contributed by atoms with van der Waals surface area (Å²) in [6.45, 7) is 11.9. The predicted octanol–water partition coefficient (Wildman–Crippen LogP) is 1.93. The fourth-order valence-electron chi connectivity index (χ4n) is 1.51. The molecular weight excluding hydrogens is 258 g/mol. The third-order valence-corrected chi connectivity index (χ3v) is 2.29. The van der Waals surface area contributed by atoms with Crippen molar-refractivity contribution in [1.82, 2.24) is 15.0 Å². The van der Waals surface area contributed by atoms with Crippen molar-refractivity contribution < 1.29 is 9.47 Å². The van der Waals surface area contributed by atoms with Gasteiger partial charge in [-0.2, -0.15) is 15.0 Å². The summed E-state index contributed by atoms with van der Waals surface area (Å²) < 4.78 is 11.0. The summed E-state index contributed by atoms with van der Waals surface area (Å²) in [4.78, 5) is 12.7. The Kier molecular flexibility index (Phi) is 7.00. The molecule has 1 atom stereocenters. The summed E-state index contributed by atoms with van der Waals surface area (Å²) in [6.07, 6.45) is 0.107. The Bertz CT molecular complexity index is 400. The Hall–Kier alpha value is -1.63. The van der Waals surface area contributed by atoms with Crippen LogP contribution >= 0.6 is 0 Å². The van der Waals surface area contributed by atoms with Gasteiger partial charge in [-0.25, -0.2) is 0 Å². The van der Waals surface area contributed by atoms with E-state index in [2.05, 4.69) is 25.6 Å². The van der Waals surface area contributed by atoms with E-state index in [1.165, 1.54) is 0 Å². The van der Waals surface area contributed by atoms with Gasteiger partial charge in [0.05, 0.1) is 12.2 Å². The van der Waals surface area contributed by atoms with E-state index in [1.807, 2.05) is 34.6 Å². The fourth-order valence-corrected chi connectivity index (χ4v) is 1.51. The number of hydrogen-bond acceptors (Lipinski definition) is 7. The first-order chi connectivity index (χ1) is 9.55. The molecule has 0 fully saturated rings. The molecule has 7 nitrogen and oxygen atoms in total. The van der Waals surface area contributed by atoms with Crippen molar-refractivity contribution in [1.29, 1.82) is 0 Å². The molecule has 0 saturated heterocycles. The molecule has 1 aromatic rings. The lowest BCUT2D eigenvalue weighted by Crippen LogP contribution is -2.21. The predicted molar refractivity (Wildman–Crippen MR) is 79.3 cm³/mol. The van der Waals surface area contributed by atoms with E-state index < -0.39 is 0 Å². The van der Waals surface area contributed by atoms with Crippen molar-refractivity contribution in [3.8, 4) is 6.01 Å². The van der Waals surface area contributed by atoms with Gasteiger partial charge < -0.3 is 20.1 Å². The first kappa shape index (κ1) is 16.4. The van der Waals surface area contributed by atoms with Crippen LogP contribution in [-0.2, 0) is 4.74 Å². The van der Waals surface area contributed by atoms with Gasteiger partial charge in [0.2, 0.25) is 11.9 Å². The van der Waals surface area contributed by atoms with Gasteiger partial charge in [0, 0.05) is 19.7 Å². The average Bonchev–Trinajstić information content (AvgIpc) is 2.36. The maximum absolute atomic E-state index is 5.52. The van der Waals surface area contributed by atoms with E-state index in [-0.39, 0.29) is 12.2 Å². The fraction of sp³-hybridized carbons (Fsp3) is 0.769. The SMILES string of the molecule is CCNc1nc(NCC(C)OCC)nc(OC(C)C)n1. The molecule has 2 N–H and O–H groups in total. The van der Waals surface area contributed by atoms with Crippen LogP contribution in [0, 0.1) is 0 Å². The normalized spacial score (nSPS) is 12.3. The van der Waals surface area contributed by atoms with E-state index in [0.717, 1.165) is 6.54 Å². The number of rotatable bonds is 9. The van der Waals surface area contributed by atoms with Crippen LogP contribution in [0.4, 0.5) is 11.9 Å². The number of anilines is 2. The minimum atomic E-state index is 0.0158. The van der Waals surface area contributed by atoms with Crippen molar-refractivity contribution >= 4 is 11.9 Å². The van der Waals surface area contributed by atoms with Gasteiger partial charge in [-0.3, -0.25) is 0 Å². The first-order valence-corrected chi connectivity index (χ1v) is 7.07. The summed E-state index contributed by atoms with van der Waals surface area (Å²) in [5, 5.41) is 6.20. The topological polar surface area (TPSA) is 81.2 Å². The molecule has 0 aliphatic rings. The minimum Gasteiger partial charge on any atom is -0.461 e. The first-order valence-electron chi connectivity index (χ1n) is 7.07. The highest BCUT2D eigenvalue weighted by Crippen LogP contribution is 2.12. The van der Waals surface area contributed by atoms with Gasteiger partial charge in [0.1, 0.15) is 0 Å². The van der Waals surface area contributed by atoms with Crippen molar-refractivity contribution in [2.45, 2.75) is 46.8 Å². The molecule has 0 aliphatic heterocycles. The maximum Gasteiger partial charge on any atom is 0.323 e. The Balaban J connectivity index is 2.74. The number of nitrogens with zero attached hydrogens (tertiary/aromatic N) is 3. The number of ether oxygens (including phenoxy) is 2. The molecule has 20 heavy (non-hydrogen) atoms. The second kappa shape index (κ2) is 8.52. The number of nitrogens with one attached hydrogen (secondary N) is 2. The Morgan fingerprint density at radius 2 is 1.65 bits per heavy atom. The highest BCUT2D eigenvalue weighted by atomic mass is 16.5. The van der Waals surface area contributed by atoms with Gasteiger partial charge >= 0.3 is 6.01 Å². The van der Waals surface area contributed by atoms with E-state index in [1.54, 1.807) is 0 Å². The number of aromatic nitrogens is 3. The molecule has 1 aromatic heterocycles. The zero-order chi connectivity index (χ0) is 15.0. The largest absolute Gasteiger partial charge is 0.461 e. The van der Waals surface area contributed by atoms with Crippen molar-refractivity contribution in [3.05, 3.63) is 0 Å². The van der Waals surface area contributed by atoms with Crippen LogP contribution in [0.15, 0.2) is 0 Å². The summed E-state index contributed by atoms with van der Waals surface area (Å²) in [7, 11) is 0. The van der Waals surface area contributed by atoms with Crippen molar-refractivity contribution in [2.75, 3.05) is 30.3 Å². The molecule has 0 aliphatic carbocycles. The highest BCUT2D eigenvalue weighted by Gasteiger charge is 2.09. The maximum atomic E-state index is 5.52. The van der Waals surface area contributed by atoms with Crippen LogP contribution in [-0.4, -0.2) is 46.9 Å². The van der Waals surface area contributed by atoms with Crippen LogP contribution in [0.3, 0.4) is 0 Å². The van der Waals surface area contributed by atoms with Crippen molar-refractivity contribution in [2.24, 2.45) is 0 Å². The quantitative estimate of drug-likeness (QED) is 0.716. The van der Waals surface area contributed by atoms with E-state index in [9.17, 15) is 0 Å². The lowest BCUT2D eigenvalue weighted by Gasteiger charge is -2.14. The number of hydrogen-bond donors (Lipinski definition) is 2. The monoisotopic (exact) mass is 283 g/mol. The molecule has 0 saturated carbocycles. The summed E-state index contributed by atoms with van der Waals surface area (Å²) in [6, 6.07) is 0.317. The Labute approximate surface area is 120 Å². The van der Waals surface area contributed by atoms with E-state index in [0.29, 0.717) is 31.1 Å². The van der Waals surface area contributed by atoms with Gasteiger partial charge in [0.15, 0.2) is 0 Å². The molecule has 114 valence electrons. The van der Waals surface area contributed by atoms with Crippen molar-refractivity contribution in [3.63, 3.8) is 0 Å². The second-order valence-corrected chi connectivity index (χ2v) is 4.61. The third-order valence-electron chi connectivity index (χ3n) is 2.29. The molecule has 1 heterocycles. The van der Waals surface area contributed by atoms with Gasteiger partial charge in [-0.05, 0) is 34.6 Å². The molecule has 7 heteroatoms. The Morgan fingerprint density at radius 1 is 1.00 bits per heavy atom. The van der Waals surface area contributed by atoms with E-state index in [4.69, 9.17) is 9.47 Å². The van der Waals surface area contributed by atoms with Gasteiger partial charge in [-0.15, -0.1) is 0 Å². The van der Waals surface area contributed by atoms with Gasteiger partial charge in [-0.1, -0.05) is 0 Å². The molecule has 0 amide bonds. The van der Waals surface area contributed by atoms with Crippen LogP contribution in [0.2, 0.25) is 0 Å². The molecule has 1 unspecified atom stereocenters. The standard InChI is InChI=1S/C13H25N5O2/c1-6-14-11-16-12(15-8-10(5)19-7-2)18-13(17-11)20-9(3)4/h9-10H,6-8H2,1-5H3,(H2,14,15,16,17,18). The third kappa shape index (κ3) is 6.01. The summed E-state index contributed by atoms with van der Waals surface area (Å²) in [5.74, 6) is 0.989. The summed E-state index contributed by atoms with van der Waals surface area (Å²) in [5.41, 5.74) is 0. The minimum absolute atomic E-state index is 0.0158. The summed E-state index contributed by atoms with van der Waals surface area (Å²) >= 11 is 0. The lowest BCUT2D eigenvalue weighted by molar-refractivity contribution is 0.0854. The van der Waals surface area contributed by atoms with Crippen LogP contribution in [0.25, 0.3) is 0 Å². The zero-order valence-electron chi connectivity index (χ0n) is 12.9. The van der Waals surface area contributed by atoms with Gasteiger partial charge in [0.25, 0.3) is 0 Å². The van der Waals surface area contributed by atoms with Crippen LogP contribution in [0.5, 0.6) is 6.01 Å². The van der Waals surface area contributed by atoms with Crippen LogP contribution in [0.1, 0.15) is 34.6 Å².